The molecule has 1 unspecified atom stereocenters. The minimum absolute atomic E-state index is 0.0314. The number of benzene rings is 1. The molecule has 0 amide bonds. The summed E-state index contributed by atoms with van der Waals surface area (Å²) in [5.41, 5.74) is 8.48. The van der Waals surface area contributed by atoms with E-state index in [4.69, 9.17) is 12.2 Å². The van der Waals surface area contributed by atoms with Gasteiger partial charge in [-0.3, -0.25) is 4.90 Å². The molecule has 1 rings (SSSR count). The van der Waals surface area contributed by atoms with Gasteiger partial charge < -0.3 is 5.73 Å². The second kappa shape index (κ2) is 5.55. The molecule has 0 saturated carbocycles. The number of rotatable bonds is 4. The Kier molecular flexibility index (Phi) is 4.36. The van der Waals surface area contributed by atoms with Crippen LogP contribution in [0.2, 0.25) is 0 Å². The van der Waals surface area contributed by atoms with Gasteiger partial charge in [0.1, 0.15) is 0 Å². The lowest BCUT2D eigenvalue weighted by Gasteiger charge is -2.19. The molecule has 0 bridgehead atoms. The largest absolute Gasteiger partial charge is 0.323 e. The zero-order valence-electron chi connectivity index (χ0n) is 9.40. The Morgan fingerprint density at radius 2 is 2.00 bits per heavy atom. The number of hydrogen-bond donors (Lipinski definition) is 1. The first-order valence-corrected chi connectivity index (χ1v) is 5.07. The van der Waals surface area contributed by atoms with Crippen LogP contribution < -0.4 is 5.73 Å². The highest BCUT2D eigenvalue weighted by Crippen LogP contribution is 2.11. The summed E-state index contributed by atoms with van der Waals surface area (Å²) in [5, 5.41) is 0. The molecule has 1 aromatic rings. The van der Waals surface area contributed by atoms with E-state index in [1.807, 2.05) is 11.9 Å². The maximum Gasteiger partial charge on any atom is 0.0597 e. The average molecular weight is 202 g/mol. The minimum Gasteiger partial charge on any atom is -0.323 e. The SMILES string of the molecule is C#CCN(C)CC(N)c1ccc(C)cc1. The molecule has 2 N–H and O–H groups in total. The van der Waals surface area contributed by atoms with Crippen LogP contribution in [0.4, 0.5) is 0 Å². The van der Waals surface area contributed by atoms with Crippen molar-refractivity contribution >= 4 is 0 Å². The van der Waals surface area contributed by atoms with Crippen LogP contribution in [-0.4, -0.2) is 25.0 Å². The lowest BCUT2D eigenvalue weighted by Crippen LogP contribution is -2.29. The van der Waals surface area contributed by atoms with Crippen LogP contribution in [0.25, 0.3) is 0 Å². The van der Waals surface area contributed by atoms with Gasteiger partial charge in [0.15, 0.2) is 0 Å². The zero-order chi connectivity index (χ0) is 11.3. The van der Waals surface area contributed by atoms with Crippen LogP contribution in [0.3, 0.4) is 0 Å². The quantitative estimate of drug-likeness (QED) is 0.751. The number of nitrogens with two attached hydrogens (primary N) is 1. The third-order valence-electron chi connectivity index (χ3n) is 2.38. The predicted molar refractivity (Wildman–Crippen MR) is 64.4 cm³/mol. The predicted octanol–water partition coefficient (Wildman–Crippen LogP) is 1.56. The maximum atomic E-state index is 6.07. The second-order valence-corrected chi connectivity index (χ2v) is 3.92. The molecule has 0 aliphatic rings. The number of likely N-dealkylation sites (N-methyl/N-ethyl adjacent to an activating group) is 1. The molecule has 0 fully saturated rings. The third-order valence-corrected chi connectivity index (χ3v) is 2.38. The van der Waals surface area contributed by atoms with Gasteiger partial charge in [0.05, 0.1) is 6.54 Å². The van der Waals surface area contributed by atoms with Gasteiger partial charge in [0, 0.05) is 12.6 Å². The van der Waals surface area contributed by atoms with Gasteiger partial charge in [-0.2, -0.15) is 0 Å². The van der Waals surface area contributed by atoms with Gasteiger partial charge in [-0.05, 0) is 19.5 Å². The van der Waals surface area contributed by atoms with Crippen molar-refractivity contribution in [1.82, 2.24) is 4.90 Å². The number of aryl methyl sites for hydroxylation is 1. The fourth-order valence-electron chi connectivity index (χ4n) is 1.48. The van der Waals surface area contributed by atoms with Crippen LogP contribution in [0.15, 0.2) is 24.3 Å². The molecule has 0 saturated heterocycles. The highest BCUT2D eigenvalue weighted by Gasteiger charge is 2.07. The fourth-order valence-corrected chi connectivity index (χ4v) is 1.48. The molecule has 0 radical (unpaired) electrons. The molecule has 0 aromatic heterocycles. The molecule has 80 valence electrons. The topological polar surface area (TPSA) is 29.3 Å². The van der Waals surface area contributed by atoms with Crippen LogP contribution >= 0.6 is 0 Å². The highest BCUT2D eigenvalue weighted by atomic mass is 15.1. The van der Waals surface area contributed by atoms with E-state index in [0.717, 1.165) is 12.1 Å². The van der Waals surface area contributed by atoms with Crippen molar-refractivity contribution in [3.05, 3.63) is 35.4 Å². The Labute approximate surface area is 92.1 Å². The van der Waals surface area contributed by atoms with Crippen LogP contribution in [-0.2, 0) is 0 Å². The monoisotopic (exact) mass is 202 g/mol. The molecule has 2 nitrogen and oxygen atoms in total. The van der Waals surface area contributed by atoms with Gasteiger partial charge in [0.2, 0.25) is 0 Å². The Morgan fingerprint density at radius 3 is 2.53 bits per heavy atom. The van der Waals surface area contributed by atoms with Crippen LogP contribution in [0.5, 0.6) is 0 Å². The van der Waals surface area contributed by atoms with Crippen molar-refractivity contribution in [2.45, 2.75) is 13.0 Å². The van der Waals surface area contributed by atoms with E-state index < -0.39 is 0 Å². The minimum atomic E-state index is 0.0314. The summed E-state index contributed by atoms with van der Waals surface area (Å²) in [6.07, 6.45) is 5.23. The molecule has 15 heavy (non-hydrogen) atoms. The van der Waals surface area contributed by atoms with E-state index in [0.29, 0.717) is 6.54 Å². The molecular formula is C13H18N2. The summed E-state index contributed by atoms with van der Waals surface area (Å²) in [7, 11) is 1.98. The van der Waals surface area contributed by atoms with Crippen LogP contribution in [0.1, 0.15) is 17.2 Å². The van der Waals surface area contributed by atoms with Crippen molar-refractivity contribution in [3.63, 3.8) is 0 Å². The van der Waals surface area contributed by atoms with Crippen molar-refractivity contribution < 1.29 is 0 Å². The van der Waals surface area contributed by atoms with E-state index in [2.05, 4.69) is 37.1 Å². The molecule has 0 aliphatic heterocycles. The molecule has 2 heteroatoms. The number of hydrogen-bond acceptors (Lipinski definition) is 2. The first-order valence-electron chi connectivity index (χ1n) is 5.07. The summed E-state index contributed by atoms with van der Waals surface area (Å²) in [6.45, 7) is 3.49. The highest BCUT2D eigenvalue weighted by molar-refractivity contribution is 5.24. The summed E-state index contributed by atoms with van der Waals surface area (Å²) in [5.74, 6) is 2.60. The molecule has 0 aliphatic carbocycles. The zero-order valence-corrected chi connectivity index (χ0v) is 9.40. The Balaban J connectivity index is 2.57. The number of terminal acetylenes is 1. The van der Waals surface area contributed by atoms with Gasteiger partial charge in [-0.25, -0.2) is 0 Å². The Bertz CT molecular complexity index is 335. The summed E-state index contributed by atoms with van der Waals surface area (Å²) < 4.78 is 0. The molecule has 0 heterocycles. The second-order valence-electron chi connectivity index (χ2n) is 3.92. The standard InChI is InChI=1S/C13H18N2/c1-4-9-15(3)10-13(14)12-7-5-11(2)6-8-12/h1,5-8,13H,9-10,14H2,2-3H3. The third kappa shape index (κ3) is 3.75. The van der Waals surface area contributed by atoms with Gasteiger partial charge in [0.25, 0.3) is 0 Å². The van der Waals surface area contributed by atoms with Gasteiger partial charge in [-0.15, -0.1) is 6.42 Å². The van der Waals surface area contributed by atoms with Crippen LogP contribution in [0, 0.1) is 19.3 Å². The first-order chi connectivity index (χ1) is 7.13. The van der Waals surface area contributed by atoms with Gasteiger partial charge in [-0.1, -0.05) is 35.7 Å². The lowest BCUT2D eigenvalue weighted by atomic mass is 10.1. The first kappa shape index (κ1) is 11.8. The molecular weight excluding hydrogens is 184 g/mol. The van der Waals surface area contributed by atoms with Gasteiger partial charge >= 0.3 is 0 Å². The summed E-state index contributed by atoms with van der Waals surface area (Å²) >= 11 is 0. The normalized spacial score (nSPS) is 12.5. The average Bonchev–Trinajstić information content (AvgIpc) is 2.18. The van der Waals surface area contributed by atoms with Crippen molar-refractivity contribution in [3.8, 4) is 12.3 Å². The maximum absolute atomic E-state index is 6.07. The summed E-state index contributed by atoms with van der Waals surface area (Å²) in [6, 6.07) is 8.34. The van der Waals surface area contributed by atoms with Crippen molar-refractivity contribution in [1.29, 1.82) is 0 Å². The fraction of sp³-hybridized carbons (Fsp3) is 0.385. The smallest absolute Gasteiger partial charge is 0.0597 e. The molecule has 1 atom stereocenters. The van der Waals surface area contributed by atoms with Crippen molar-refractivity contribution in [2.75, 3.05) is 20.1 Å². The lowest BCUT2D eigenvalue weighted by molar-refractivity contribution is 0.348. The summed E-state index contributed by atoms with van der Waals surface area (Å²) in [4.78, 5) is 2.05. The number of nitrogens with zero attached hydrogens (tertiary/aromatic N) is 1. The Hall–Kier alpha value is -1.30. The van der Waals surface area contributed by atoms with Crippen molar-refractivity contribution in [2.24, 2.45) is 5.73 Å². The molecule has 1 aromatic carbocycles. The Morgan fingerprint density at radius 1 is 1.40 bits per heavy atom. The van der Waals surface area contributed by atoms with E-state index in [9.17, 15) is 0 Å². The van der Waals surface area contributed by atoms with E-state index in [1.54, 1.807) is 0 Å². The van der Waals surface area contributed by atoms with E-state index in [-0.39, 0.29) is 6.04 Å². The molecule has 0 spiro atoms. The van der Waals surface area contributed by atoms with E-state index >= 15 is 0 Å². The van der Waals surface area contributed by atoms with E-state index in [1.165, 1.54) is 5.56 Å².